The summed E-state index contributed by atoms with van der Waals surface area (Å²) in [6.45, 7) is 0. The summed E-state index contributed by atoms with van der Waals surface area (Å²) in [6.07, 6.45) is 3.70. The maximum absolute atomic E-state index is 5.31. The molecule has 4 heterocycles. The maximum Gasteiger partial charge on any atom is 0.160 e. The van der Waals surface area contributed by atoms with Crippen LogP contribution in [0.2, 0.25) is 0 Å². The van der Waals surface area contributed by atoms with Crippen LogP contribution >= 0.6 is 22.7 Å². The molecule has 7 aromatic carbocycles. The number of rotatable bonds is 6. The number of benzene rings is 7. The fraction of sp³-hybridized carbons (Fsp3) is 0. The van der Waals surface area contributed by atoms with E-state index in [2.05, 4.69) is 169 Å². The largest absolute Gasteiger partial charge is 0.264 e. The van der Waals surface area contributed by atoms with Crippen LogP contribution in [0.15, 0.2) is 188 Å². The van der Waals surface area contributed by atoms with Gasteiger partial charge in [-0.15, -0.1) is 22.7 Å². The molecule has 56 heavy (non-hydrogen) atoms. The van der Waals surface area contributed by atoms with E-state index >= 15 is 0 Å². The van der Waals surface area contributed by atoms with Gasteiger partial charge in [0.15, 0.2) is 5.82 Å². The summed E-state index contributed by atoms with van der Waals surface area (Å²) < 4.78 is 5.17. The molecule has 0 amide bonds. The highest BCUT2D eigenvalue weighted by Crippen LogP contribution is 2.41. The van der Waals surface area contributed by atoms with Crippen LogP contribution in [0.3, 0.4) is 0 Å². The normalized spacial score (nSPS) is 11.6. The van der Waals surface area contributed by atoms with Crippen molar-refractivity contribution in [3.05, 3.63) is 188 Å². The third kappa shape index (κ3) is 5.86. The molecule has 0 atom stereocenters. The van der Waals surface area contributed by atoms with Gasteiger partial charge in [0.1, 0.15) is 0 Å². The fourth-order valence-electron chi connectivity index (χ4n) is 7.75. The SMILES string of the molecule is c1ccc(-c2cc(-c3ccc(-c4cccnc4)cc3)nc(-c3cc(-c4ccc5c(c4)sc4ccccc45)cc(-c4ccc5c(c4)sc4ccccc45)c3)n2)cc1. The fourth-order valence-corrected chi connectivity index (χ4v) is 10.0. The topological polar surface area (TPSA) is 38.7 Å². The van der Waals surface area contributed by atoms with E-state index in [1.165, 1.54) is 51.5 Å². The Balaban J connectivity index is 1.10. The Hall–Kier alpha value is -6.79. The van der Waals surface area contributed by atoms with Crippen molar-refractivity contribution in [2.75, 3.05) is 0 Å². The number of aromatic nitrogens is 3. The van der Waals surface area contributed by atoms with Crippen LogP contribution in [0.5, 0.6) is 0 Å². The summed E-state index contributed by atoms with van der Waals surface area (Å²) in [5.41, 5.74) is 11.6. The number of pyridine rings is 1. The predicted octanol–water partition coefficient (Wildman–Crippen LogP) is 14.6. The maximum atomic E-state index is 5.31. The smallest absolute Gasteiger partial charge is 0.160 e. The molecule has 0 aliphatic rings. The Morgan fingerprint density at radius 2 is 0.786 bits per heavy atom. The first kappa shape index (κ1) is 32.6. The van der Waals surface area contributed by atoms with Crippen LogP contribution in [-0.2, 0) is 0 Å². The highest BCUT2D eigenvalue weighted by atomic mass is 32.1. The van der Waals surface area contributed by atoms with E-state index in [1.807, 2.05) is 41.0 Å². The van der Waals surface area contributed by atoms with Gasteiger partial charge in [-0.1, -0.05) is 121 Å². The van der Waals surface area contributed by atoms with Gasteiger partial charge in [0, 0.05) is 69.4 Å². The molecule has 0 unspecified atom stereocenters. The molecule has 0 aliphatic heterocycles. The lowest BCUT2D eigenvalue weighted by molar-refractivity contribution is 1.18. The van der Waals surface area contributed by atoms with Gasteiger partial charge in [-0.3, -0.25) is 4.98 Å². The standard InChI is InChI=1S/C51H31N3S2/c1-2-9-33(10-3-1)45-30-46(34-18-16-32(17-19-34)37-11-8-24-52-31-37)54-51(53-45)40-26-38(35-20-22-43-41-12-4-6-14-47(41)55-49(43)28-35)25-39(27-40)36-21-23-44-42-13-5-7-15-48(42)56-50(44)29-36/h1-31H. The summed E-state index contributed by atoms with van der Waals surface area (Å²) in [5.74, 6) is 0.687. The predicted molar refractivity (Wildman–Crippen MR) is 238 cm³/mol. The van der Waals surface area contributed by atoms with Crippen LogP contribution < -0.4 is 0 Å². The zero-order valence-corrected chi connectivity index (χ0v) is 31.7. The third-order valence-electron chi connectivity index (χ3n) is 10.6. The average Bonchev–Trinajstić information content (AvgIpc) is 3.84. The minimum absolute atomic E-state index is 0.687. The number of thiophene rings is 2. The van der Waals surface area contributed by atoms with Gasteiger partial charge in [0.2, 0.25) is 0 Å². The van der Waals surface area contributed by atoms with Crippen molar-refractivity contribution in [1.82, 2.24) is 15.0 Å². The van der Waals surface area contributed by atoms with E-state index in [-0.39, 0.29) is 0 Å². The van der Waals surface area contributed by atoms with Gasteiger partial charge in [0.25, 0.3) is 0 Å². The van der Waals surface area contributed by atoms with Crippen molar-refractivity contribution < 1.29 is 0 Å². The average molecular weight is 750 g/mol. The lowest BCUT2D eigenvalue weighted by Gasteiger charge is -2.13. The van der Waals surface area contributed by atoms with Crippen molar-refractivity contribution in [3.8, 4) is 67.3 Å². The van der Waals surface area contributed by atoms with Gasteiger partial charge in [-0.25, -0.2) is 9.97 Å². The van der Waals surface area contributed by atoms with E-state index < -0.39 is 0 Å². The minimum Gasteiger partial charge on any atom is -0.264 e. The molecule has 0 fully saturated rings. The molecule has 0 N–H and O–H groups in total. The van der Waals surface area contributed by atoms with Gasteiger partial charge < -0.3 is 0 Å². The van der Waals surface area contributed by atoms with Crippen LogP contribution in [0, 0.1) is 0 Å². The summed E-state index contributed by atoms with van der Waals surface area (Å²) in [5, 5.41) is 5.19. The van der Waals surface area contributed by atoms with Crippen molar-refractivity contribution in [1.29, 1.82) is 0 Å². The Labute approximate surface area is 331 Å². The first-order valence-electron chi connectivity index (χ1n) is 18.6. The molecule has 0 radical (unpaired) electrons. The molecule has 0 saturated carbocycles. The van der Waals surface area contributed by atoms with Crippen molar-refractivity contribution >= 4 is 63.0 Å². The highest BCUT2D eigenvalue weighted by Gasteiger charge is 2.16. The quantitative estimate of drug-likeness (QED) is 0.170. The number of hydrogen-bond donors (Lipinski definition) is 0. The monoisotopic (exact) mass is 749 g/mol. The van der Waals surface area contributed by atoms with E-state index in [1.54, 1.807) is 6.20 Å². The first-order chi connectivity index (χ1) is 27.7. The number of fused-ring (bicyclic) bond motifs is 6. The highest BCUT2D eigenvalue weighted by molar-refractivity contribution is 7.26. The van der Waals surface area contributed by atoms with Crippen molar-refractivity contribution in [3.63, 3.8) is 0 Å². The van der Waals surface area contributed by atoms with Gasteiger partial charge in [-0.05, 0) is 88.0 Å². The number of hydrogen-bond acceptors (Lipinski definition) is 5. The van der Waals surface area contributed by atoms with Gasteiger partial charge >= 0.3 is 0 Å². The molecule has 0 bridgehead atoms. The summed E-state index contributed by atoms with van der Waals surface area (Å²) >= 11 is 3.69. The van der Waals surface area contributed by atoms with E-state index in [9.17, 15) is 0 Å². The molecule has 0 aliphatic carbocycles. The Kier molecular flexibility index (Phi) is 7.87. The zero-order chi connectivity index (χ0) is 37.0. The van der Waals surface area contributed by atoms with Crippen molar-refractivity contribution in [2.24, 2.45) is 0 Å². The van der Waals surface area contributed by atoms with E-state index in [0.717, 1.165) is 50.3 Å². The van der Waals surface area contributed by atoms with Crippen LogP contribution in [0.1, 0.15) is 0 Å². The van der Waals surface area contributed by atoms with Crippen molar-refractivity contribution in [2.45, 2.75) is 0 Å². The molecule has 5 heteroatoms. The summed E-state index contributed by atoms with van der Waals surface area (Å²) in [7, 11) is 0. The van der Waals surface area contributed by atoms with E-state index in [0.29, 0.717) is 5.82 Å². The van der Waals surface area contributed by atoms with E-state index in [4.69, 9.17) is 9.97 Å². The Morgan fingerprint density at radius 1 is 0.304 bits per heavy atom. The van der Waals surface area contributed by atoms with Gasteiger partial charge in [0.05, 0.1) is 11.4 Å². The second-order valence-electron chi connectivity index (χ2n) is 14.1. The third-order valence-corrected chi connectivity index (χ3v) is 12.9. The lowest BCUT2D eigenvalue weighted by Crippen LogP contribution is -1.97. The van der Waals surface area contributed by atoms with Crippen LogP contribution in [-0.4, -0.2) is 15.0 Å². The molecule has 11 aromatic rings. The molecule has 11 rings (SSSR count). The summed E-state index contributed by atoms with van der Waals surface area (Å²) in [6, 6.07) is 63.1. The lowest BCUT2D eigenvalue weighted by atomic mass is 9.94. The molecule has 0 spiro atoms. The zero-order valence-electron chi connectivity index (χ0n) is 30.1. The minimum atomic E-state index is 0.687. The Morgan fingerprint density at radius 3 is 1.38 bits per heavy atom. The summed E-state index contributed by atoms with van der Waals surface area (Å²) in [4.78, 5) is 14.9. The van der Waals surface area contributed by atoms with Gasteiger partial charge in [-0.2, -0.15) is 0 Å². The van der Waals surface area contributed by atoms with Crippen LogP contribution in [0.25, 0.3) is 108 Å². The molecule has 0 saturated heterocycles. The molecule has 3 nitrogen and oxygen atoms in total. The number of nitrogens with zero attached hydrogens (tertiary/aromatic N) is 3. The molecular formula is C51H31N3S2. The molecule has 262 valence electrons. The Bertz CT molecular complexity index is 3110. The first-order valence-corrected chi connectivity index (χ1v) is 20.3. The molecular weight excluding hydrogens is 719 g/mol. The second kappa shape index (κ2) is 13.5. The van der Waals surface area contributed by atoms with Crippen LogP contribution in [0.4, 0.5) is 0 Å². The second-order valence-corrected chi connectivity index (χ2v) is 16.2. The molecule has 4 aromatic heterocycles.